The molecule has 8 nitrogen and oxygen atoms in total. The molecule has 0 aliphatic rings. The number of carbonyl (C=O) groups is 3. The van der Waals surface area contributed by atoms with Gasteiger partial charge >= 0.3 is 11.9 Å². The van der Waals surface area contributed by atoms with Crippen LogP contribution in [-0.2, 0) is 30.3 Å². The highest BCUT2D eigenvalue weighted by Gasteiger charge is 2.40. The van der Waals surface area contributed by atoms with Crippen molar-refractivity contribution in [1.29, 1.82) is 0 Å². The van der Waals surface area contributed by atoms with E-state index in [9.17, 15) is 14.4 Å². The van der Waals surface area contributed by atoms with Crippen molar-refractivity contribution in [2.45, 2.75) is 71.5 Å². The molecule has 2 aromatic rings. The fourth-order valence-electron chi connectivity index (χ4n) is 3.56. The average Bonchev–Trinajstić information content (AvgIpc) is 3.19. The van der Waals surface area contributed by atoms with Gasteiger partial charge in [-0.25, -0.2) is 4.79 Å². The first kappa shape index (κ1) is 27.5. The summed E-state index contributed by atoms with van der Waals surface area (Å²) in [5, 5.41) is 3.97. The van der Waals surface area contributed by atoms with Crippen LogP contribution in [0.3, 0.4) is 0 Å². The predicted molar refractivity (Wildman–Crippen MR) is 132 cm³/mol. The molecule has 0 radical (unpaired) electrons. The number of H-pyrrole nitrogens is 1. The highest BCUT2D eigenvalue weighted by molar-refractivity contribution is 5.86. The van der Waals surface area contributed by atoms with Crippen molar-refractivity contribution in [3.05, 3.63) is 36.0 Å². The Hall–Kier alpha value is -2.71. The minimum absolute atomic E-state index is 0.000665. The molecule has 0 saturated carbocycles. The average molecular weight is 474 g/mol. The van der Waals surface area contributed by atoms with Gasteiger partial charge in [0.05, 0.1) is 13.2 Å². The van der Waals surface area contributed by atoms with Crippen molar-refractivity contribution in [1.82, 2.24) is 10.3 Å². The lowest BCUT2D eigenvalue weighted by Gasteiger charge is -2.32. The molecule has 4 N–H and O–H groups in total. The number of esters is 2. The molecule has 0 bridgehead atoms. The molecule has 34 heavy (non-hydrogen) atoms. The number of ether oxygens (including phenoxy) is 2. The molecule has 0 saturated heterocycles. The van der Waals surface area contributed by atoms with Crippen LogP contribution in [0, 0.1) is 11.8 Å². The molecular weight excluding hydrogens is 434 g/mol. The summed E-state index contributed by atoms with van der Waals surface area (Å²) in [5.41, 5.74) is 6.57. The Labute approximate surface area is 201 Å². The van der Waals surface area contributed by atoms with E-state index in [1.807, 2.05) is 58.2 Å². The minimum atomic E-state index is -1.70. The number of carbonyl (C=O) groups excluding carboxylic acids is 3. The van der Waals surface area contributed by atoms with Crippen LogP contribution < -0.4 is 11.1 Å². The summed E-state index contributed by atoms with van der Waals surface area (Å²) in [6.45, 7) is 8.63. The Morgan fingerprint density at radius 1 is 1.09 bits per heavy atom. The van der Waals surface area contributed by atoms with Crippen molar-refractivity contribution >= 4 is 29.1 Å². The third-order valence-electron chi connectivity index (χ3n) is 5.70. The summed E-state index contributed by atoms with van der Waals surface area (Å²) < 4.78 is 10.9. The quantitative estimate of drug-likeness (QED) is 0.205. The predicted octanol–water partition coefficient (Wildman–Crippen LogP) is 3.48. The first-order valence-corrected chi connectivity index (χ1v) is 12.0. The number of nitrogens with two attached hydrogens (primary N) is 1. The molecule has 8 heteroatoms. The van der Waals surface area contributed by atoms with Crippen molar-refractivity contribution in [2.75, 3.05) is 13.2 Å². The molecule has 2 atom stereocenters. The zero-order chi connectivity index (χ0) is 25.1. The van der Waals surface area contributed by atoms with Crippen LogP contribution in [0.2, 0.25) is 0 Å². The number of benzene rings is 1. The van der Waals surface area contributed by atoms with Crippen LogP contribution in [0.25, 0.3) is 10.9 Å². The summed E-state index contributed by atoms with van der Waals surface area (Å²) in [4.78, 5) is 40.3. The number of aldehydes is 1. The molecule has 0 unspecified atom stereocenters. The molecule has 1 aromatic heterocycles. The monoisotopic (exact) mass is 473 g/mol. The Morgan fingerprint density at radius 2 is 1.74 bits per heavy atom. The van der Waals surface area contributed by atoms with E-state index >= 15 is 0 Å². The number of fused-ring (bicyclic) bond motifs is 1. The van der Waals surface area contributed by atoms with Gasteiger partial charge in [0.2, 0.25) is 0 Å². The summed E-state index contributed by atoms with van der Waals surface area (Å²) in [6.07, 6.45) is 4.24. The van der Waals surface area contributed by atoms with Gasteiger partial charge in [-0.15, -0.1) is 0 Å². The number of rotatable bonds is 15. The van der Waals surface area contributed by atoms with E-state index in [0.29, 0.717) is 24.5 Å². The van der Waals surface area contributed by atoms with Crippen molar-refractivity contribution in [2.24, 2.45) is 17.6 Å². The van der Waals surface area contributed by atoms with E-state index in [-0.39, 0.29) is 32.5 Å². The van der Waals surface area contributed by atoms with Gasteiger partial charge < -0.3 is 25.0 Å². The summed E-state index contributed by atoms with van der Waals surface area (Å²) in [6, 6.07) is 6.86. The zero-order valence-electron chi connectivity index (χ0n) is 20.8. The number of para-hydroxylation sites is 1. The Balaban J connectivity index is 2.26. The smallest absolute Gasteiger partial charge is 0.341 e. The van der Waals surface area contributed by atoms with E-state index in [4.69, 9.17) is 15.2 Å². The zero-order valence-corrected chi connectivity index (χ0v) is 20.8. The van der Waals surface area contributed by atoms with Crippen LogP contribution in [0.15, 0.2) is 30.5 Å². The first-order valence-electron chi connectivity index (χ1n) is 12.0. The Morgan fingerprint density at radius 3 is 2.38 bits per heavy atom. The van der Waals surface area contributed by atoms with E-state index in [0.717, 1.165) is 22.9 Å². The standard InChI is InChI=1S/C26H39N3O5/c1-18(2)10-14-33-24(31)23(16-20-17-28-22-9-6-5-8-21(20)22)29-26(27,12-7-13-30)25(32)34-15-11-19(3)4/h5-6,8-9,13,17-19,23,28-29H,7,10-12,14-16,27H2,1-4H3/t23-,26-/m1/s1. The van der Waals surface area contributed by atoms with Crippen LogP contribution >= 0.6 is 0 Å². The summed E-state index contributed by atoms with van der Waals surface area (Å²) in [7, 11) is 0. The van der Waals surface area contributed by atoms with E-state index < -0.39 is 23.6 Å². The lowest BCUT2D eigenvalue weighted by molar-refractivity contribution is -0.155. The second kappa shape index (κ2) is 13.2. The van der Waals surface area contributed by atoms with Crippen LogP contribution in [-0.4, -0.2) is 48.1 Å². The molecule has 1 aromatic carbocycles. The maximum atomic E-state index is 13.1. The second-order valence-corrected chi connectivity index (χ2v) is 9.61. The molecule has 0 fully saturated rings. The first-order chi connectivity index (χ1) is 16.2. The summed E-state index contributed by atoms with van der Waals surface area (Å²) in [5.74, 6) is -0.450. The van der Waals surface area contributed by atoms with Gasteiger partial charge in [-0.3, -0.25) is 10.1 Å². The lowest BCUT2D eigenvalue weighted by Crippen LogP contribution is -2.65. The fraction of sp³-hybridized carbons (Fsp3) is 0.577. The van der Waals surface area contributed by atoms with Crippen molar-refractivity contribution in [3.8, 4) is 0 Å². The number of nitrogens with one attached hydrogen (secondary N) is 2. The van der Waals surface area contributed by atoms with Crippen LogP contribution in [0.5, 0.6) is 0 Å². The fourth-order valence-corrected chi connectivity index (χ4v) is 3.56. The maximum absolute atomic E-state index is 13.1. The van der Waals surface area contributed by atoms with Gasteiger partial charge in [-0.2, -0.15) is 0 Å². The molecular formula is C26H39N3O5. The lowest BCUT2D eigenvalue weighted by atomic mass is 9.99. The van der Waals surface area contributed by atoms with Gasteiger partial charge in [0, 0.05) is 29.9 Å². The van der Waals surface area contributed by atoms with Gasteiger partial charge in [0.1, 0.15) is 12.3 Å². The number of aromatic amines is 1. The number of hydrogen-bond donors (Lipinski definition) is 3. The van der Waals surface area contributed by atoms with Crippen molar-refractivity contribution in [3.63, 3.8) is 0 Å². The third kappa shape index (κ3) is 8.25. The van der Waals surface area contributed by atoms with E-state index in [2.05, 4.69) is 10.3 Å². The van der Waals surface area contributed by atoms with E-state index in [1.54, 1.807) is 0 Å². The van der Waals surface area contributed by atoms with Gasteiger partial charge in [0.15, 0.2) is 5.66 Å². The van der Waals surface area contributed by atoms with Crippen molar-refractivity contribution < 1.29 is 23.9 Å². The van der Waals surface area contributed by atoms with Gasteiger partial charge in [-0.05, 0) is 42.7 Å². The third-order valence-corrected chi connectivity index (χ3v) is 5.70. The SMILES string of the molecule is CC(C)CCOC(=O)[C@@H](Cc1c[nH]c2ccccc12)N[C@](N)(CCC=O)C(=O)OCCC(C)C. The maximum Gasteiger partial charge on any atom is 0.341 e. The second-order valence-electron chi connectivity index (χ2n) is 9.61. The molecule has 1 heterocycles. The molecule has 0 spiro atoms. The van der Waals surface area contributed by atoms with Gasteiger partial charge in [-0.1, -0.05) is 45.9 Å². The van der Waals surface area contributed by atoms with Gasteiger partial charge in [0.25, 0.3) is 0 Å². The normalized spacial score (nSPS) is 14.2. The molecule has 0 aliphatic carbocycles. The largest absolute Gasteiger partial charge is 0.465 e. The van der Waals surface area contributed by atoms with Crippen LogP contribution in [0.4, 0.5) is 0 Å². The van der Waals surface area contributed by atoms with E-state index in [1.165, 1.54) is 0 Å². The highest BCUT2D eigenvalue weighted by Crippen LogP contribution is 2.21. The Bertz CT molecular complexity index is 939. The molecule has 2 rings (SSSR count). The number of hydrogen-bond acceptors (Lipinski definition) is 7. The Kier molecular flexibility index (Phi) is 10.7. The molecule has 0 aliphatic heterocycles. The molecule has 0 amide bonds. The van der Waals surface area contributed by atoms with Crippen LogP contribution in [0.1, 0.15) is 58.9 Å². The number of aromatic nitrogens is 1. The minimum Gasteiger partial charge on any atom is -0.465 e. The highest BCUT2D eigenvalue weighted by atomic mass is 16.5. The summed E-state index contributed by atoms with van der Waals surface area (Å²) >= 11 is 0. The molecule has 188 valence electrons. The topological polar surface area (TPSA) is 124 Å².